The lowest BCUT2D eigenvalue weighted by molar-refractivity contribution is 0.0983. The van der Waals surface area contributed by atoms with Crippen LogP contribution in [0.3, 0.4) is 0 Å². The molecular weight excluding hydrogens is 372 g/mol. The van der Waals surface area contributed by atoms with E-state index in [0.717, 1.165) is 15.6 Å². The van der Waals surface area contributed by atoms with Crippen LogP contribution in [0.4, 0.5) is 0 Å². The van der Waals surface area contributed by atoms with Gasteiger partial charge in [0.2, 0.25) is 0 Å². The van der Waals surface area contributed by atoms with Crippen molar-refractivity contribution in [2.24, 2.45) is 0 Å². The topological polar surface area (TPSA) is 37.3 Å². The minimum atomic E-state index is 0.122. The number of benzene rings is 2. The number of aryl methyl sites for hydroxylation is 1. The highest BCUT2D eigenvalue weighted by atomic mass is 79.9. The summed E-state index contributed by atoms with van der Waals surface area (Å²) < 4.78 is 1.62. The lowest BCUT2D eigenvalue weighted by atomic mass is 10.0. The summed E-state index contributed by atoms with van der Waals surface area (Å²) in [6.45, 7) is 0. The van der Waals surface area contributed by atoms with Gasteiger partial charge in [0.25, 0.3) is 0 Å². The third kappa shape index (κ3) is 3.91. The summed E-state index contributed by atoms with van der Waals surface area (Å²) >= 11 is 6.61. The quantitative estimate of drug-likeness (QED) is 0.774. The van der Waals surface area contributed by atoms with Crippen LogP contribution in [0.2, 0.25) is 0 Å². The van der Waals surface area contributed by atoms with E-state index < -0.39 is 0 Å². The van der Waals surface area contributed by atoms with Gasteiger partial charge in [0, 0.05) is 16.5 Å². The SMILES string of the molecule is O=C(CCc1ccc(O)c(Br)c1)c1ccc(Br)cc1. The zero-order valence-electron chi connectivity index (χ0n) is 10.1. The van der Waals surface area contributed by atoms with Crippen LogP contribution in [0.25, 0.3) is 0 Å². The second kappa shape index (κ2) is 6.35. The van der Waals surface area contributed by atoms with Crippen molar-refractivity contribution in [3.8, 4) is 5.75 Å². The number of rotatable bonds is 4. The largest absolute Gasteiger partial charge is 0.507 e. The maximum atomic E-state index is 12.0. The zero-order valence-corrected chi connectivity index (χ0v) is 13.2. The van der Waals surface area contributed by atoms with Gasteiger partial charge < -0.3 is 5.11 Å². The Hall–Kier alpha value is -1.13. The van der Waals surface area contributed by atoms with Gasteiger partial charge in [0.05, 0.1) is 4.47 Å². The van der Waals surface area contributed by atoms with E-state index >= 15 is 0 Å². The smallest absolute Gasteiger partial charge is 0.163 e. The first-order valence-corrected chi connectivity index (χ1v) is 7.41. The summed E-state index contributed by atoms with van der Waals surface area (Å²) in [5, 5.41) is 9.41. The maximum absolute atomic E-state index is 12.0. The summed E-state index contributed by atoms with van der Waals surface area (Å²) in [5.41, 5.74) is 1.75. The van der Waals surface area contributed by atoms with Crippen molar-refractivity contribution < 1.29 is 9.90 Å². The van der Waals surface area contributed by atoms with Crippen LogP contribution < -0.4 is 0 Å². The van der Waals surface area contributed by atoms with Gasteiger partial charge in [-0.25, -0.2) is 0 Å². The van der Waals surface area contributed by atoms with E-state index in [0.29, 0.717) is 17.3 Å². The number of hydrogen-bond donors (Lipinski definition) is 1. The Morgan fingerprint density at radius 2 is 1.74 bits per heavy atom. The van der Waals surface area contributed by atoms with Crippen molar-refractivity contribution in [3.63, 3.8) is 0 Å². The molecular formula is C15H12Br2O2. The zero-order chi connectivity index (χ0) is 13.8. The molecule has 0 atom stereocenters. The molecule has 0 aliphatic carbocycles. The summed E-state index contributed by atoms with van der Waals surface area (Å²) in [4.78, 5) is 12.0. The Bertz CT molecular complexity index is 592. The molecule has 2 aromatic carbocycles. The van der Waals surface area contributed by atoms with Gasteiger partial charge in [-0.2, -0.15) is 0 Å². The van der Waals surface area contributed by atoms with Crippen molar-refractivity contribution in [3.05, 3.63) is 62.5 Å². The lowest BCUT2D eigenvalue weighted by Crippen LogP contribution is -2.01. The third-order valence-corrected chi connectivity index (χ3v) is 3.98. The molecule has 0 bridgehead atoms. The first-order valence-electron chi connectivity index (χ1n) is 5.82. The molecule has 0 aliphatic heterocycles. The summed E-state index contributed by atoms with van der Waals surface area (Å²) in [6.07, 6.45) is 1.12. The summed E-state index contributed by atoms with van der Waals surface area (Å²) in [6, 6.07) is 12.7. The average molecular weight is 384 g/mol. The summed E-state index contributed by atoms with van der Waals surface area (Å²) in [7, 11) is 0. The lowest BCUT2D eigenvalue weighted by Gasteiger charge is -2.04. The minimum absolute atomic E-state index is 0.122. The van der Waals surface area contributed by atoms with Crippen LogP contribution in [-0.2, 0) is 6.42 Å². The highest BCUT2D eigenvalue weighted by Gasteiger charge is 2.07. The fourth-order valence-corrected chi connectivity index (χ4v) is 2.43. The van der Waals surface area contributed by atoms with E-state index in [1.165, 1.54) is 0 Å². The van der Waals surface area contributed by atoms with Crippen LogP contribution in [0.1, 0.15) is 22.3 Å². The first-order chi connectivity index (χ1) is 9.06. The molecule has 0 heterocycles. The molecule has 0 aliphatic rings. The molecule has 1 N–H and O–H groups in total. The van der Waals surface area contributed by atoms with E-state index in [9.17, 15) is 9.90 Å². The average Bonchev–Trinajstić information content (AvgIpc) is 2.40. The number of carbonyl (C=O) groups is 1. The van der Waals surface area contributed by atoms with E-state index in [-0.39, 0.29) is 11.5 Å². The monoisotopic (exact) mass is 382 g/mol. The Balaban J connectivity index is 2.00. The minimum Gasteiger partial charge on any atom is -0.507 e. The molecule has 2 nitrogen and oxygen atoms in total. The number of phenols is 1. The van der Waals surface area contributed by atoms with Gasteiger partial charge in [-0.1, -0.05) is 34.1 Å². The van der Waals surface area contributed by atoms with Gasteiger partial charge >= 0.3 is 0 Å². The molecule has 2 aromatic rings. The molecule has 0 unspecified atom stereocenters. The Morgan fingerprint density at radius 1 is 1.05 bits per heavy atom. The Labute approximate surface area is 128 Å². The number of halogens is 2. The van der Waals surface area contributed by atoms with E-state index in [1.807, 2.05) is 36.4 Å². The molecule has 2 rings (SSSR count). The second-order valence-electron chi connectivity index (χ2n) is 4.22. The molecule has 0 spiro atoms. The van der Waals surface area contributed by atoms with Crippen molar-refractivity contribution in [2.45, 2.75) is 12.8 Å². The highest BCUT2D eigenvalue weighted by Crippen LogP contribution is 2.25. The molecule has 0 radical (unpaired) electrons. The van der Waals surface area contributed by atoms with Crippen molar-refractivity contribution >= 4 is 37.6 Å². The predicted molar refractivity (Wildman–Crippen MR) is 82.6 cm³/mol. The van der Waals surface area contributed by atoms with Crippen LogP contribution >= 0.6 is 31.9 Å². The predicted octanol–water partition coefficient (Wildman–Crippen LogP) is 4.73. The van der Waals surface area contributed by atoms with Crippen molar-refractivity contribution in [1.29, 1.82) is 0 Å². The molecule has 0 saturated heterocycles. The van der Waals surface area contributed by atoms with Crippen LogP contribution in [0.5, 0.6) is 5.75 Å². The molecule has 0 saturated carbocycles. The fraction of sp³-hybridized carbons (Fsp3) is 0.133. The molecule has 0 aromatic heterocycles. The Morgan fingerprint density at radius 3 is 2.37 bits per heavy atom. The van der Waals surface area contributed by atoms with Gasteiger partial charge in [0.15, 0.2) is 5.78 Å². The molecule has 4 heteroatoms. The molecule has 98 valence electrons. The van der Waals surface area contributed by atoms with Crippen molar-refractivity contribution in [1.82, 2.24) is 0 Å². The number of hydrogen-bond acceptors (Lipinski definition) is 2. The van der Waals surface area contributed by atoms with Gasteiger partial charge in [-0.3, -0.25) is 4.79 Å². The van der Waals surface area contributed by atoms with Gasteiger partial charge in [-0.15, -0.1) is 0 Å². The molecule has 0 fully saturated rings. The first kappa shape index (κ1) is 14.3. The van der Waals surface area contributed by atoms with Gasteiger partial charge in [-0.05, 0) is 52.2 Å². The normalized spacial score (nSPS) is 10.4. The number of carbonyl (C=O) groups excluding carboxylic acids is 1. The number of ketones is 1. The van der Waals surface area contributed by atoms with E-state index in [4.69, 9.17) is 0 Å². The van der Waals surface area contributed by atoms with Crippen molar-refractivity contribution in [2.75, 3.05) is 0 Å². The van der Waals surface area contributed by atoms with Crippen LogP contribution in [0, 0.1) is 0 Å². The summed E-state index contributed by atoms with van der Waals surface area (Å²) in [5.74, 6) is 0.333. The molecule has 19 heavy (non-hydrogen) atoms. The third-order valence-electron chi connectivity index (χ3n) is 2.82. The molecule has 0 amide bonds. The van der Waals surface area contributed by atoms with E-state index in [1.54, 1.807) is 6.07 Å². The van der Waals surface area contributed by atoms with Crippen LogP contribution in [0.15, 0.2) is 51.4 Å². The number of phenolic OH excluding ortho intramolecular Hbond substituents is 1. The number of Topliss-reactive ketones (excluding diaryl/α,β-unsaturated/α-hetero) is 1. The fourth-order valence-electron chi connectivity index (χ4n) is 1.74. The highest BCUT2D eigenvalue weighted by molar-refractivity contribution is 9.10. The number of aromatic hydroxyl groups is 1. The van der Waals surface area contributed by atoms with Gasteiger partial charge in [0.1, 0.15) is 5.75 Å². The second-order valence-corrected chi connectivity index (χ2v) is 5.99. The Kier molecular flexibility index (Phi) is 4.77. The maximum Gasteiger partial charge on any atom is 0.163 e. The standard InChI is InChI=1S/C15H12Br2O2/c16-12-5-3-11(4-6-12)14(18)7-1-10-2-8-15(19)13(17)9-10/h2-6,8-9,19H,1,7H2. The van der Waals surface area contributed by atoms with Crippen LogP contribution in [-0.4, -0.2) is 10.9 Å². The van der Waals surface area contributed by atoms with E-state index in [2.05, 4.69) is 31.9 Å².